The molecule has 0 N–H and O–H groups in total. The van der Waals surface area contributed by atoms with Crippen LogP contribution in [-0.2, 0) is 5.41 Å². The molecule has 1 aromatic carbocycles. The van der Waals surface area contributed by atoms with E-state index in [4.69, 9.17) is 0 Å². The first-order valence-electron chi connectivity index (χ1n) is 7.34. The number of rotatable bonds is 2. The first kappa shape index (κ1) is 13.4. The largest absolute Gasteiger partial charge is 0.0808 e. The number of hydrogen-bond donors (Lipinski definition) is 0. The fourth-order valence-electron chi connectivity index (χ4n) is 2.68. The van der Waals surface area contributed by atoms with Crippen LogP contribution >= 0.6 is 0 Å². The molecule has 1 aromatic rings. The van der Waals surface area contributed by atoms with Gasteiger partial charge in [-0.05, 0) is 35.3 Å². The molecule has 0 amide bonds. The lowest BCUT2D eigenvalue weighted by Gasteiger charge is -2.20. The monoisotopic (exact) mass is 242 g/mol. The molecule has 1 aliphatic rings. The van der Waals surface area contributed by atoms with E-state index in [0.29, 0.717) is 0 Å². The number of hydrogen-bond acceptors (Lipinski definition) is 0. The predicted octanol–water partition coefficient (Wildman–Crippen LogP) is 5.58. The Bertz CT molecular complexity index is 400. The molecule has 1 fully saturated rings. The first-order chi connectivity index (χ1) is 8.55. The van der Waals surface area contributed by atoms with E-state index in [9.17, 15) is 0 Å². The summed E-state index contributed by atoms with van der Waals surface area (Å²) in [7, 11) is 0. The molecule has 0 nitrogen and oxygen atoms in total. The van der Waals surface area contributed by atoms with Crippen molar-refractivity contribution in [2.75, 3.05) is 0 Å². The van der Waals surface area contributed by atoms with Crippen LogP contribution in [0.15, 0.2) is 30.3 Å². The van der Waals surface area contributed by atoms with Gasteiger partial charge in [0.25, 0.3) is 0 Å². The van der Waals surface area contributed by atoms with Crippen LogP contribution in [0.4, 0.5) is 0 Å². The molecule has 0 aromatic heterocycles. The second-order valence-electron chi connectivity index (χ2n) is 6.63. The topological polar surface area (TPSA) is 0 Å². The maximum absolute atomic E-state index is 2.43. The normalized spacial score (nSPS) is 18.4. The van der Waals surface area contributed by atoms with Gasteiger partial charge >= 0.3 is 0 Å². The molecule has 98 valence electrons. The van der Waals surface area contributed by atoms with Crippen molar-refractivity contribution in [1.82, 2.24) is 0 Å². The van der Waals surface area contributed by atoms with Crippen molar-refractivity contribution < 1.29 is 0 Å². The van der Waals surface area contributed by atoms with Gasteiger partial charge in [0.15, 0.2) is 0 Å². The highest BCUT2D eigenvalue weighted by Crippen LogP contribution is 2.26. The van der Waals surface area contributed by atoms with Crippen LogP contribution in [-0.4, -0.2) is 0 Å². The van der Waals surface area contributed by atoms with E-state index < -0.39 is 0 Å². The Hall–Kier alpha value is -1.04. The SMILES string of the molecule is CC(C)(C)c1cccc(/C=C/C2CCCCC2)c1. The van der Waals surface area contributed by atoms with Crippen LogP contribution in [0, 0.1) is 5.92 Å². The zero-order chi connectivity index (χ0) is 13.0. The summed E-state index contributed by atoms with van der Waals surface area (Å²) in [6.45, 7) is 6.82. The predicted molar refractivity (Wildman–Crippen MR) is 80.8 cm³/mol. The van der Waals surface area contributed by atoms with Crippen molar-refractivity contribution in [2.24, 2.45) is 5.92 Å². The maximum Gasteiger partial charge on any atom is -0.0132 e. The van der Waals surface area contributed by atoms with E-state index in [0.717, 1.165) is 5.92 Å². The van der Waals surface area contributed by atoms with Crippen molar-refractivity contribution in [1.29, 1.82) is 0 Å². The van der Waals surface area contributed by atoms with E-state index in [1.54, 1.807) is 0 Å². The molecule has 2 rings (SSSR count). The van der Waals surface area contributed by atoms with E-state index in [1.807, 2.05) is 0 Å². The van der Waals surface area contributed by atoms with E-state index >= 15 is 0 Å². The van der Waals surface area contributed by atoms with E-state index in [-0.39, 0.29) is 5.41 Å². The lowest BCUT2D eigenvalue weighted by atomic mass is 9.85. The Morgan fingerprint density at radius 2 is 1.78 bits per heavy atom. The highest BCUT2D eigenvalue weighted by Gasteiger charge is 2.13. The number of benzene rings is 1. The molecular formula is C18H26. The summed E-state index contributed by atoms with van der Waals surface area (Å²) in [6, 6.07) is 8.97. The summed E-state index contributed by atoms with van der Waals surface area (Å²) in [5.74, 6) is 0.817. The van der Waals surface area contributed by atoms with Crippen LogP contribution in [0.5, 0.6) is 0 Å². The lowest BCUT2D eigenvalue weighted by Crippen LogP contribution is -2.10. The van der Waals surface area contributed by atoms with E-state index in [2.05, 4.69) is 57.2 Å². The van der Waals surface area contributed by atoms with Crippen molar-refractivity contribution in [3.05, 3.63) is 41.5 Å². The molecule has 1 aliphatic carbocycles. The van der Waals surface area contributed by atoms with Gasteiger partial charge in [-0.3, -0.25) is 0 Å². The van der Waals surface area contributed by atoms with Crippen molar-refractivity contribution in [2.45, 2.75) is 58.3 Å². The average molecular weight is 242 g/mol. The minimum atomic E-state index is 0.245. The molecule has 0 bridgehead atoms. The van der Waals surface area contributed by atoms with Gasteiger partial charge < -0.3 is 0 Å². The molecule has 0 heterocycles. The zero-order valence-corrected chi connectivity index (χ0v) is 12.1. The van der Waals surface area contributed by atoms with Gasteiger partial charge in [-0.15, -0.1) is 0 Å². The minimum absolute atomic E-state index is 0.245. The third-order valence-corrected chi connectivity index (χ3v) is 3.96. The van der Waals surface area contributed by atoms with Gasteiger partial charge in [0, 0.05) is 0 Å². The van der Waals surface area contributed by atoms with Crippen LogP contribution in [0.2, 0.25) is 0 Å². The molecule has 0 saturated heterocycles. The van der Waals surface area contributed by atoms with Gasteiger partial charge in [-0.1, -0.05) is 76.5 Å². The van der Waals surface area contributed by atoms with Crippen molar-refractivity contribution in [3.8, 4) is 0 Å². The summed E-state index contributed by atoms with van der Waals surface area (Å²) in [6.07, 6.45) is 11.8. The van der Waals surface area contributed by atoms with Crippen LogP contribution in [0.25, 0.3) is 6.08 Å². The van der Waals surface area contributed by atoms with Crippen molar-refractivity contribution >= 4 is 6.08 Å². The molecule has 0 aliphatic heterocycles. The first-order valence-corrected chi connectivity index (χ1v) is 7.34. The van der Waals surface area contributed by atoms with Crippen LogP contribution < -0.4 is 0 Å². The number of allylic oxidation sites excluding steroid dienone is 1. The van der Waals surface area contributed by atoms with Gasteiger partial charge in [-0.2, -0.15) is 0 Å². The van der Waals surface area contributed by atoms with Gasteiger partial charge in [-0.25, -0.2) is 0 Å². The molecule has 0 atom stereocenters. The maximum atomic E-state index is 2.43. The Kier molecular flexibility index (Phi) is 4.27. The summed E-state index contributed by atoms with van der Waals surface area (Å²) >= 11 is 0. The fourth-order valence-corrected chi connectivity index (χ4v) is 2.68. The quantitative estimate of drug-likeness (QED) is 0.635. The molecule has 18 heavy (non-hydrogen) atoms. The Labute approximate surface area is 112 Å². The third kappa shape index (κ3) is 3.73. The smallest absolute Gasteiger partial charge is 0.0132 e. The highest BCUT2D eigenvalue weighted by molar-refractivity contribution is 5.51. The fraction of sp³-hybridized carbons (Fsp3) is 0.556. The third-order valence-electron chi connectivity index (χ3n) is 3.96. The van der Waals surface area contributed by atoms with E-state index in [1.165, 1.54) is 43.2 Å². The molecule has 1 saturated carbocycles. The minimum Gasteiger partial charge on any atom is -0.0808 e. The summed E-state index contributed by atoms with van der Waals surface area (Å²) in [4.78, 5) is 0. The Morgan fingerprint density at radius 1 is 1.06 bits per heavy atom. The highest BCUT2D eigenvalue weighted by atomic mass is 14.2. The summed E-state index contributed by atoms with van der Waals surface area (Å²) in [5.41, 5.74) is 3.02. The molecule has 0 unspecified atom stereocenters. The van der Waals surface area contributed by atoms with Gasteiger partial charge in [0.05, 0.1) is 0 Å². The van der Waals surface area contributed by atoms with Crippen LogP contribution in [0.1, 0.15) is 64.0 Å². The molecule has 0 radical (unpaired) electrons. The Morgan fingerprint density at radius 3 is 2.44 bits per heavy atom. The molecule has 0 heteroatoms. The summed E-state index contributed by atoms with van der Waals surface area (Å²) in [5, 5.41) is 0. The second-order valence-corrected chi connectivity index (χ2v) is 6.63. The second kappa shape index (κ2) is 5.73. The standard InChI is InChI=1S/C18H26/c1-18(2,3)17-11-7-10-16(14-17)13-12-15-8-5-4-6-9-15/h7,10-15H,4-6,8-9H2,1-3H3/b13-12+. The lowest BCUT2D eigenvalue weighted by molar-refractivity contribution is 0.420. The summed E-state index contributed by atoms with van der Waals surface area (Å²) < 4.78 is 0. The van der Waals surface area contributed by atoms with Crippen LogP contribution in [0.3, 0.4) is 0 Å². The van der Waals surface area contributed by atoms with Gasteiger partial charge in [0.2, 0.25) is 0 Å². The van der Waals surface area contributed by atoms with Gasteiger partial charge in [0.1, 0.15) is 0 Å². The average Bonchev–Trinajstić information content (AvgIpc) is 2.37. The Balaban J connectivity index is 2.07. The molecular weight excluding hydrogens is 216 g/mol. The zero-order valence-electron chi connectivity index (χ0n) is 12.1. The van der Waals surface area contributed by atoms with Crippen molar-refractivity contribution in [3.63, 3.8) is 0 Å². The molecule has 0 spiro atoms.